The molecule has 63 heavy (non-hydrogen) atoms. The summed E-state index contributed by atoms with van der Waals surface area (Å²) in [4.78, 5) is 38.0. The van der Waals surface area contributed by atoms with Crippen LogP contribution in [0.3, 0.4) is 0 Å². The molecule has 0 aromatic rings. The maximum absolute atomic E-state index is 12.8. The third kappa shape index (κ3) is 51.3. The topological polar surface area (TPSA) is 78.9 Å². The molecule has 0 saturated heterocycles. The highest BCUT2D eigenvalue weighted by Crippen LogP contribution is 2.18. The molecule has 6 nitrogen and oxygen atoms in total. The van der Waals surface area contributed by atoms with E-state index in [-0.39, 0.29) is 31.1 Å². The van der Waals surface area contributed by atoms with E-state index in [0.717, 1.165) is 69.6 Å². The van der Waals surface area contributed by atoms with Gasteiger partial charge < -0.3 is 14.2 Å². The lowest BCUT2D eigenvalue weighted by atomic mass is 10.0. The van der Waals surface area contributed by atoms with Crippen LogP contribution in [-0.4, -0.2) is 37.2 Å². The van der Waals surface area contributed by atoms with Gasteiger partial charge in [0.25, 0.3) is 0 Å². The van der Waals surface area contributed by atoms with E-state index in [9.17, 15) is 14.4 Å². The maximum Gasteiger partial charge on any atom is 0.306 e. The molecular weight excluding hydrogens is 781 g/mol. The molecule has 0 aliphatic rings. The van der Waals surface area contributed by atoms with E-state index in [1.165, 1.54) is 205 Å². The fraction of sp³-hybridized carbons (Fsp3) is 0.947. The minimum Gasteiger partial charge on any atom is -0.462 e. The van der Waals surface area contributed by atoms with Gasteiger partial charge in [0.15, 0.2) is 6.10 Å². The van der Waals surface area contributed by atoms with Gasteiger partial charge in [-0.05, 0) is 31.1 Å². The Morgan fingerprint density at radius 2 is 0.524 bits per heavy atom. The number of unbranched alkanes of at least 4 members (excludes halogenated alkanes) is 36. The van der Waals surface area contributed by atoms with Gasteiger partial charge in [-0.3, -0.25) is 14.4 Å². The molecule has 0 saturated carbocycles. The molecule has 1 atom stereocenters. The van der Waals surface area contributed by atoms with E-state index in [0.29, 0.717) is 19.3 Å². The zero-order valence-corrected chi connectivity index (χ0v) is 43.2. The van der Waals surface area contributed by atoms with Crippen molar-refractivity contribution in [1.82, 2.24) is 0 Å². The number of ether oxygens (including phenoxy) is 3. The number of hydrogen-bond donors (Lipinski definition) is 0. The fourth-order valence-electron chi connectivity index (χ4n) is 8.70. The average Bonchev–Trinajstić information content (AvgIpc) is 3.25. The fourth-order valence-corrected chi connectivity index (χ4v) is 8.70. The van der Waals surface area contributed by atoms with Gasteiger partial charge in [0.1, 0.15) is 13.2 Å². The van der Waals surface area contributed by atoms with E-state index >= 15 is 0 Å². The Labute approximate surface area is 393 Å². The van der Waals surface area contributed by atoms with Gasteiger partial charge in [0.2, 0.25) is 0 Å². The second kappa shape index (κ2) is 49.8. The van der Waals surface area contributed by atoms with Crippen molar-refractivity contribution < 1.29 is 28.6 Å². The largest absolute Gasteiger partial charge is 0.462 e. The second-order valence-corrected chi connectivity index (χ2v) is 20.5. The molecular formula is C57H110O6. The van der Waals surface area contributed by atoms with Crippen LogP contribution in [0.1, 0.15) is 317 Å². The van der Waals surface area contributed by atoms with Crippen LogP contribution in [0, 0.1) is 11.8 Å². The monoisotopic (exact) mass is 891 g/mol. The average molecular weight is 892 g/mol. The number of hydrogen-bond acceptors (Lipinski definition) is 6. The molecule has 374 valence electrons. The summed E-state index contributed by atoms with van der Waals surface area (Å²) >= 11 is 0. The molecule has 0 aliphatic carbocycles. The zero-order valence-electron chi connectivity index (χ0n) is 43.2. The minimum atomic E-state index is -0.763. The van der Waals surface area contributed by atoms with Crippen LogP contribution in [0.5, 0.6) is 0 Å². The zero-order chi connectivity index (χ0) is 46.1. The molecule has 0 radical (unpaired) electrons. The molecule has 0 fully saturated rings. The van der Waals surface area contributed by atoms with Gasteiger partial charge in [-0.15, -0.1) is 0 Å². The summed E-state index contributed by atoms with van der Waals surface area (Å²) in [7, 11) is 0. The highest BCUT2D eigenvalue weighted by Gasteiger charge is 2.19. The lowest BCUT2D eigenvalue weighted by Crippen LogP contribution is -2.30. The normalized spacial score (nSPS) is 12.0. The molecule has 0 spiro atoms. The lowest BCUT2D eigenvalue weighted by Gasteiger charge is -2.18. The molecule has 6 heteroatoms. The predicted octanol–water partition coefficient (Wildman–Crippen LogP) is 18.5. The van der Waals surface area contributed by atoms with Crippen molar-refractivity contribution >= 4 is 17.9 Å². The number of rotatable bonds is 51. The Kier molecular flexibility index (Phi) is 48.6. The predicted molar refractivity (Wildman–Crippen MR) is 270 cm³/mol. The third-order valence-corrected chi connectivity index (χ3v) is 13.0. The van der Waals surface area contributed by atoms with Crippen molar-refractivity contribution in [2.24, 2.45) is 11.8 Å². The first-order valence-corrected chi connectivity index (χ1v) is 28.2. The van der Waals surface area contributed by atoms with Gasteiger partial charge in [-0.2, -0.15) is 0 Å². The first-order valence-electron chi connectivity index (χ1n) is 28.2. The van der Waals surface area contributed by atoms with Crippen molar-refractivity contribution in [2.75, 3.05) is 13.2 Å². The van der Waals surface area contributed by atoms with Crippen molar-refractivity contribution in [2.45, 2.75) is 323 Å². The Bertz CT molecular complexity index is 962. The van der Waals surface area contributed by atoms with Crippen molar-refractivity contribution in [1.29, 1.82) is 0 Å². The van der Waals surface area contributed by atoms with E-state index < -0.39 is 6.10 Å². The summed E-state index contributed by atoms with van der Waals surface area (Å²) in [5, 5.41) is 0. The van der Waals surface area contributed by atoms with Crippen molar-refractivity contribution in [3.63, 3.8) is 0 Å². The van der Waals surface area contributed by atoms with Crippen molar-refractivity contribution in [3.05, 3.63) is 0 Å². The van der Waals surface area contributed by atoms with E-state index in [1.807, 2.05) is 0 Å². The van der Waals surface area contributed by atoms with Crippen LogP contribution < -0.4 is 0 Å². The Hall–Kier alpha value is -1.59. The smallest absolute Gasteiger partial charge is 0.306 e. The number of carbonyl (C=O) groups is 3. The minimum absolute atomic E-state index is 0.0636. The second-order valence-electron chi connectivity index (χ2n) is 20.5. The lowest BCUT2D eigenvalue weighted by molar-refractivity contribution is -0.167. The van der Waals surface area contributed by atoms with Gasteiger partial charge in [-0.25, -0.2) is 0 Å². The van der Waals surface area contributed by atoms with E-state index in [4.69, 9.17) is 14.2 Å². The highest BCUT2D eigenvalue weighted by atomic mass is 16.6. The summed E-state index contributed by atoms with van der Waals surface area (Å²) in [6.07, 6.45) is 52.5. The molecule has 0 bridgehead atoms. The molecule has 0 amide bonds. The Morgan fingerprint density at radius 3 is 0.778 bits per heavy atom. The number of esters is 3. The first-order chi connectivity index (χ1) is 30.7. The van der Waals surface area contributed by atoms with Crippen LogP contribution in [-0.2, 0) is 28.6 Å². The Balaban J connectivity index is 4.24. The summed E-state index contributed by atoms with van der Waals surface area (Å²) < 4.78 is 16.8. The molecule has 0 heterocycles. The maximum atomic E-state index is 12.8. The third-order valence-electron chi connectivity index (χ3n) is 13.0. The van der Waals surface area contributed by atoms with Crippen LogP contribution in [0.2, 0.25) is 0 Å². The summed E-state index contributed by atoms with van der Waals surface area (Å²) in [5.74, 6) is 0.774. The van der Waals surface area contributed by atoms with Gasteiger partial charge in [0.05, 0.1) is 0 Å². The number of carbonyl (C=O) groups excluding carboxylic acids is 3. The highest BCUT2D eigenvalue weighted by molar-refractivity contribution is 5.71. The van der Waals surface area contributed by atoms with E-state index in [2.05, 4.69) is 34.6 Å². The summed E-state index contributed by atoms with van der Waals surface area (Å²) in [6, 6.07) is 0. The van der Waals surface area contributed by atoms with Gasteiger partial charge in [-0.1, -0.05) is 279 Å². The van der Waals surface area contributed by atoms with Crippen molar-refractivity contribution in [3.8, 4) is 0 Å². The van der Waals surface area contributed by atoms with Gasteiger partial charge >= 0.3 is 17.9 Å². The standard InChI is InChI=1S/C57H110O6/c1-6-7-8-9-10-11-12-13-14-15-16-17-18-21-24-27-32-37-42-47-55(58)61-50-54(51-62-56(59)48-43-38-34-29-31-36-41-46-53(4)5)63-57(60)49-44-39-33-28-25-22-19-20-23-26-30-35-40-45-52(2)3/h52-54H,6-51H2,1-5H3/t54-/m0/s1. The van der Waals surface area contributed by atoms with Crippen LogP contribution in [0.15, 0.2) is 0 Å². The first kappa shape index (κ1) is 61.4. The Morgan fingerprint density at radius 1 is 0.302 bits per heavy atom. The quantitative estimate of drug-likeness (QED) is 0.0344. The molecule has 0 N–H and O–H groups in total. The van der Waals surface area contributed by atoms with Crippen LogP contribution in [0.25, 0.3) is 0 Å². The molecule has 0 aromatic heterocycles. The molecule has 0 aromatic carbocycles. The van der Waals surface area contributed by atoms with Crippen LogP contribution in [0.4, 0.5) is 0 Å². The van der Waals surface area contributed by atoms with Crippen LogP contribution >= 0.6 is 0 Å². The SMILES string of the molecule is CCCCCCCCCCCCCCCCCCCCCC(=O)OC[C@@H](COC(=O)CCCCCCCCCC(C)C)OC(=O)CCCCCCCCCCCCCCCC(C)C. The van der Waals surface area contributed by atoms with Gasteiger partial charge in [0, 0.05) is 19.3 Å². The molecule has 0 unspecified atom stereocenters. The summed E-state index contributed by atoms with van der Waals surface area (Å²) in [6.45, 7) is 11.4. The molecule has 0 aliphatic heterocycles. The van der Waals surface area contributed by atoms with E-state index in [1.54, 1.807) is 0 Å². The molecule has 0 rings (SSSR count). The summed E-state index contributed by atoms with van der Waals surface area (Å²) in [5.41, 5.74) is 0.